The molecule has 0 bridgehead atoms. The van der Waals surface area contributed by atoms with Crippen LogP contribution in [0.5, 0.6) is 0 Å². The van der Waals surface area contributed by atoms with Crippen molar-refractivity contribution in [2.24, 2.45) is 0 Å². The first kappa shape index (κ1) is 28.3. The van der Waals surface area contributed by atoms with E-state index in [1.807, 2.05) is 38.1 Å². The van der Waals surface area contributed by atoms with Crippen LogP contribution in [0.15, 0.2) is 42.5 Å². The second-order valence-corrected chi connectivity index (χ2v) is 12.1. The highest BCUT2D eigenvalue weighted by Gasteiger charge is 2.33. The smallest absolute Gasteiger partial charge is 0.244 e. The minimum absolute atomic E-state index is 0.101. The molecule has 0 heterocycles. The van der Waals surface area contributed by atoms with E-state index in [9.17, 15) is 18.0 Å². The molecule has 0 unspecified atom stereocenters. The number of sulfonamides is 1. The van der Waals surface area contributed by atoms with Gasteiger partial charge in [-0.05, 0) is 49.9 Å². The van der Waals surface area contributed by atoms with Gasteiger partial charge in [0, 0.05) is 22.6 Å². The molecule has 0 radical (unpaired) electrons. The van der Waals surface area contributed by atoms with E-state index >= 15 is 0 Å². The molecule has 7 nitrogen and oxygen atoms in total. The molecule has 0 saturated heterocycles. The first-order valence-electron chi connectivity index (χ1n) is 12.1. The number of halogens is 2. The lowest BCUT2D eigenvalue weighted by molar-refractivity contribution is -0.140. The Hall–Kier alpha value is -2.29. The van der Waals surface area contributed by atoms with Crippen LogP contribution in [0, 0.1) is 6.92 Å². The van der Waals surface area contributed by atoms with Crippen LogP contribution in [0.3, 0.4) is 0 Å². The maximum atomic E-state index is 13.7. The number of rotatable bonds is 10. The van der Waals surface area contributed by atoms with Gasteiger partial charge in [-0.2, -0.15) is 0 Å². The zero-order chi connectivity index (χ0) is 26.5. The van der Waals surface area contributed by atoms with Crippen molar-refractivity contribution in [2.75, 3.05) is 17.1 Å². The summed E-state index contributed by atoms with van der Waals surface area (Å²) in [7, 11) is -3.86. The minimum atomic E-state index is -3.86. The van der Waals surface area contributed by atoms with Gasteiger partial charge in [0.15, 0.2) is 0 Å². The molecular formula is C26H33Cl2N3O4S. The summed E-state index contributed by atoms with van der Waals surface area (Å²) < 4.78 is 26.4. The maximum absolute atomic E-state index is 13.7. The van der Waals surface area contributed by atoms with Gasteiger partial charge >= 0.3 is 0 Å². The van der Waals surface area contributed by atoms with Crippen molar-refractivity contribution in [3.63, 3.8) is 0 Å². The number of carbonyl (C=O) groups excluding carboxylic acids is 2. The molecule has 10 heteroatoms. The fourth-order valence-electron chi connectivity index (χ4n) is 4.59. The summed E-state index contributed by atoms with van der Waals surface area (Å²) in [6, 6.07) is 11.4. The Morgan fingerprint density at radius 2 is 1.72 bits per heavy atom. The second-order valence-electron chi connectivity index (χ2n) is 9.32. The molecule has 2 aromatic carbocycles. The number of benzene rings is 2. The maximum Gasteiger partial charge on any atom is 0.244 e. The average Bonchev–Trinajstić information content (AvgIpc) is 3.28. The molecule has 0 aliphatic heterocycles. The minimum Gasteiger partial charge on any atom is -0.352 e. The zero-order valence-corrected chi connectivity index (χ0v) is 23.2. The third-order valence-corrected chi connectivity index (χ3v) is 7.91. The number of carbonyl (C=O) groups is 2. The van der Waals surface area contributed by atoms with Gasteiger partial charge in [-0.1, -0.05) is 72.8 Å². The van der Waals surface area contributed by atoms with Gasteiger partial charge in [0.1, 0.15) is 12.6 Å². The molecule has 0 aromatic heterocycles. The number of anilines is 1. The highest BCUT2D eigenvalue weighted by atomic mass is 35.5. The lowest BCUT2D eigenvalue weighted by Crippen LogP contribution is -2.53. The van der Waals surface area contributed by atoms with Crippen LogP contribution in [-0.2, 0) is 26.2 Å². The Morgan fingerprint density at radius 3 is 2.28 bits per heavy atom. The zero-order valence-electron chi connectivity index (χ0n) is 20.8. The molecule has 2 amide bonds. The van der Waals surface area contributed by atoms with Crippen molar-refractivity contribution in [2.45, 2.75) is 64.6 Å². The largest absolute Gasteiger partial charge is 0.352 e. The number of hydrogen-bond donors (Lipinski definition) is 1. The van der Waals surface area contributed by atoms with Crippen LogP contribution in [0.2, 0.25) is 10.0 Å². The number of amides is 2. The molecule has 196 valence electrons. The van der Waals surface area contributed by atoms with Crippen LogP contribution in [0.25, 0.3) is 0 Å². The monoisotopic (exact) mass is 553 g/mol. The highest BCUT2D eigenvalue weighted by Crippen LogP contribution is 2.27. The first-order valence-corrected chi connectivity index (χ1v) is 14.7. The predicted molar refractivity (Wildman–Crippen MR) is 145 cm³/mol. The van der Waals surface area contributed by atoms with E-state index in [-0.39, 0.29) is 34.2 Å². The van der Waals surface area contributed by atoms with E-state index in [1.54, 1.807) is 0 Å². The number of hydrogen-bond acceptors (Lipinski definition) is 4. The number of aryl methyl sites for hydroxylation is 1. The summed E-state index contributed by atoms with van der Waals surface area (Å²) in [5, 5.41) is 3.59. The average molecular weight is 555 g/mol. The molecule has 2 aromatic rings. The molecule has 1 atom stereocenters. The fraction of sp³-hybridized carbons (Fsp3) is 0.462. The molecule has 0 spiro atoms. The third kappa shape index (κ3) is 7.60. The second kappa shape index (κ2) is 12.3. The van der Waals surface area contributed by atoms with Gasteiger partial charge in [0.25, 0.3) is 0 Å². The Morgan fingerprint density at radius 1 is 1.08 bits per heavy atom. The van der Waals surface area contributed by atoms with Gasteiger partial charge < -0.3 is 10.2 Å². The Bertz CT molecular complexity index is 1180. The van der Waals surface area contributed by atoms with Gasteiger partial charge in [0.2, 0.25) is 21.8 Å². The molecule has 3 rings (SSSR count). The molecule has 1 N–H and O–H groups in total. The third-order valence-electron chi connectivity index (χ3n) is 6.34. The normalized spacial score (nSPS) is 14.9. The van der Waals surface area contributed by atoms with Crippen molar-refractivity contribution in [1.29, 1.82) is 0 Å². The molecule has 1 aliphatic rings. The summed E-state index contributed by atoms with van der Waals surface area (Å²) >= 11 is 12.2. The molecule has 36 heavy (non-hydrogen) atoms. The van der Waals surface area contributed by atoms with E-state index in [1.165, 1.54) is 23.1 Å². The standard InChI is InChI=1S/C26H33Cl2N3O4S/c1-4-24(26(33)29-22-10-5-6-11-22)30(16-19-9-7-8-18(2)12-19)25(32)17-31(36(3,34)35)23-14-20(27)13-21(28)15-23/h7-9,12-15,22,24H,4-6,10-11,16-17H2,1-3H3,(H,29,33)/t24-/m1/s1. The fourth-order valence-corrected chi connectivity index (χ4v) is 5.94. The Kier molecular flexibility index (Phi) is 9.66. The molecule has 1 saturated carbocycles. The number of nitrogens with one attached hydrogen (secondary N) is 1. The summed E-state index contributed by atoms with van der Waals surface area (Å²) in [6.45, 7) is 3.48. The van der Waals surface area contributed by atoms with Crippen LogP contribution in [0.1, 0.15) is 50.2 Å². The lowest BCUT2D eigenvalue weighted by atomic mass is 10.1. The van der Waals surface area contributed by atoms with Crippen molar-refractivity contribution < 1.29 is 18.0 Å². The van der Waals surface area contributed by atoms with Crippen LogP contribution in [0.4, 0.5) is 5.69 Å². The highest BCUT2D eigenvalue weighted by molar-refractivity contribution is 7.92. The summed E-state index contributed by atoms with van der Waals surface area (Å²) in [5.41, 5.74) is 2.06. The van der Waals surface area contributed by atoms with Crippen molar-refractivity contribution >= 4 is 50.7 Å². The van der Waals surface area contributed by atoms with Crippen molar-refractivity contribution in [3.8, 4) is 0 Å². The number of nitrogens with zero attached hydrogens (tertiary/aromatic N) is 2. The van der Waals surface area contributed by atoms with Gasteiger partial charge in [-0.3, -0.25) is 13.9 Å². The first-order chi connectivity index (χ1) is 17.0. The molecular weight excluding hydrogens is 521 g/mol. The van der Waals surface area contributed by atoms with E-state index in [2.05, 4.69) is 5.32 Å². The van der Waals surface area contributed by atoms with E-state index in [0.717, 1.165) is 47.4 Å². The summed E-state index contributed by atoms with van der Waals surface area (Å²) in [6.07, 6.45) is 5.39. The van der Waals surface area contributed by atoms with E-state index in [0.29, 0.717) is 6.42 Å². The van der Waals surface area contributed by atoms with Crippen LogP contribution < -0.4 is 9.62 Å². The lowest BCUT2D eigenvalue weighted by Gasteiger charge is -2.33. The van der Waals surface area contributed by atoms with Crippen LogP contribution >= 0.6 is 23.2 Å². The van der Waals surface area contributed by atoms with Gasteiger partial charge in [0.05, 0.1) is 11.9 Å². The van der Waals surface area contributed by atoms with Crippen molar-refractivity contribution in [1.82, 2.24) is 10.2 Å². The van der Waals surface area contributed by atoms with Crippen molar-refractivity contribution in [3.05, 3.63) is 63.6 Å². The summed E-state index contributed by atoms with van der Waals surface area (Å²) in [4.78, 5) is 28.5. The van der Waals surface area contributed by atoms with E-state index in [4.69, 9.17) is 23.2 Å². The topological polar surface area (TPSA) is 86.8 Å². The SMILES string of the molecule is CC[C@H](C(=O)NC1CCCC1)N(Cc1cccc(C)c1)C(=O)CN(c1cc(Cl)cc(Cl)c1)S(C)(=O)=O. The Labute approximate surface area is 223 Å². The molecule has 1 aliphatic carbocycles. The summed E-state index contributed by atoms with van der Waals surface area (Å²) in [5.74, 6) is -0.714. The van der Waals surface area contributed by atoms with Crippen LogP contribution in [-0.4, -0.2) is 50.0 Å². The molecule has 1 fully saturated rings. The Balaban J connectivity index is 1.94. The quantitative estimate of drug-likeness (QED) is 0.451. The van der Waals surface area contributed by atoms with E-state index < -0.39 is 28.5 Å². The predicted octanol–water partition coefficient (Wildman–Crippen LogP) is 4.93. The van der Waals surface area contributed by atoms with Gasteiger partial charge in [-0.15, -0.1) is 0 Å². The van der Waals surface area contributed by atoms with Gasteiger partial charge in [-0.25, -0.2) is 8.42 Å².